The molecule has 0 radical (unpaired) electrons. The van der Waals surface area contributed by atoms with E-state index in [0.29, 0.717) is 19.6 Å². The van der Waals surface area contributed by atoms with Crippen molar-refractivity contribution < 1.29 is 18.4 Å². The minimum absolute atomic E-state index is 0.0552. The van der Waals surface area contributed by atoms with Gasteiger partial charge in [-0.2, -0.15) is 0 Å². The van der Waals surface area contributed by atoms with E-state index in [0.717, 1.165) is 37.5 Å². The summed E-state index contributed by atoms with van der Waals surface area (Å²) in [5, 5.41) is 2.81. The number of nitrogens with zero attached hydrogens (tertiary/aromatic N) is 1. The molecule has 3 N–H and O–H groups in total. The van der Waals surface area contributed by atoms with Crippen molar-refractivity contribution in [2.24, 2.45) is 5.73 Å². The van der Waals surface area contributed by atoms with E-state index in [2.05, 4.69) is 5.32 Å². The number of amides is 2. The van der Waals surface area contributed by atoms with Crippen LogP contribution in [-0.4, -0.2) is 42.4 Å². The van der Waals surface area contributed by atoms with Crippen molar-refractivity contribution in [3.8, 4) is 0 Å². The van der Waals surface area contributed by atoms with Crippen LogP contribution in [0.2, 0.25) is 0 Å². The highest BCUT2D eigenvalue weighted by molar-refractivity contribution is 5.78. The fraction of sp³-hybridized carbons (Fsp3) is 0.556. The second-order valence-corrected chi connectivity index (χ2v) is 6.32. The molecular weight excluding hydrogens is 328 g/mol. The van der Waals surface area contributed by atoms with Crippen molar-refractivity contribution in [1.29, 1.82) is 0 Å². The van der Waals surface area contributed by atoms with Gasteiger partial charge in [-0.3, -0.25) is 9.59 Å². The number of rotatable bonds is 7. The van der Waals surface area contributed by atoms with Crippen molar-refractivity contribution in [3.05, 3.63) is 35.4 Å². The van der Waals surface area contributed by atoms with E-state index in [1.165, 1.54) is 0 Å². The van der Waals surface area contributed by atoms with Crippen LogP contribution in [0.15, 0.2) is 18.2 Å². The summed E-state index contributed by atoms with van der Waals surface area (Å²) in [6, 6.07) is 3.21. The van der Waals surface area contributed by atoms with Crippen molar-refractivity contribution >= 4 is 11.8 Å². The number of carbonyl (C=O) groups excluding carboxylic acids is 2. The van der Waals surface area contributed by atoms with E-state index in [4.69, 9.17) is 5.73 Å². The van der Waals surface area contributed by atoms with E-state index in [1.807, 2.05) is 0 Å². The maximum absolute atomic E-state index is 13.7. The Morgan fingerprint density at radius 2 is 2.04 bits per heavy atom. The Bertz CT molecular complexity index is 610. The topological polar surface area (TPSA) is 75.4 Å². The smallest absolute Gasteiger partial charge is 0.223 e. The molecule has 0 spiro atoms. The quantitative estimate of drug-likeness (QED) is 0.784. The maximum atomic E-state index is 13.7. The van der Waals surface area contributed by atoms with Gasteiger partial charge in [0.15, 0.2) is 0 Å². The lowest BCUT2D eigenvalue weighted by Gasteiger charge is -2.36. The van der Waals surface area contributed by atoms with Crippen LogP contribution >= 0.6 is 0 Å². The summed E-state index contributed by atoms with van der Waals surface area (Å²) in [5.74, 6) is -1.23. The van der Waals surface area contributed by atoms with Gasteiger partial charge in [-0.1, -0.05) is 0 Å². The Morgan fingerprint density at radius 1 is 1.24 bits per heavy atom. The molecule has 1 saturated heterocycles. The Morgan fingerprint density at radius 3 is 2.80 bits per heavy atom. The summed E-state index contributed by atoms with van der Waals surface area (Å²) in [5.41, 5.74) is 5.56. The van der Waals surface area contributed by atoms with E-state index in [9.17, 15) is 18.4 Å². The molecule has 25 heavy (non-hydrogen) atoms. The van der Waals surface area contributed by atoms with Crippen LogP contribution in [0.25, 0.3) is 0 Å². The molecule has 5 nitrogen and oxygen atoms in total. The summed E-state index contributed by atoms with van der Waals surface area (Å²) < 4.78 is 26.9. The van der Waals surface area contributed by atoms with Crippen LogP contribution < -0.4 is 11.1 Å². The van der Waals surface area contributed by atoms with Crippen LogP contribution in [0.5, 0.6) is 0 Å². The largest absolute Gasteiger partial charge is 0.354 e. The molecule has 7 heteroatoms. The zero-order valence-electron chi connectivity index (χ0n) is 14.3. The number of nitrogens with two attached hydrogens (primary N) is 1. The van der Waals surface area contributed by atoms with Gasteiger partial charge in [0.1, 0.15) is 11.6 Å². The van der Waals surface area contributed by atoms with E-state index >= 15 is 0 Å². The van der Waals surface area contributed by atoms with Gasteiger partial charge in [0, 0.05) is 38.5 Å². The number of hydrogen-bond acceptors (Lipinski definition) is 3. The molecule has 1 aromatic rings. The number of aryl methyl sites for hydroxylation is 1. The first-order chi connectivity index (χ1) is 12.0. The summed E-state index contributed by atoms with van der Waals surface area (Å²) in [6.07, 6.45) is 3.27. The van der Waals surface area contributed by atoms with Gasteiger partial charge < -0.3 is 16.0 Å². The van der Waals surface area contributed by atoms with E-state index in [-0.39, 0.29) is 42.7 Å². The minimum atomic E-state index is -0.512. The highest BCUT2D eigenvalue weighted by Gasteiger charge is 2.26. The number of likely N-dealkylation sites (tertiary alicyclic amines) is 1. The van der Waals surface area contributed by atoms with Crippen LogP contribution in [-0.2, 0) is 16.0 Å². The van der Waals surface area contributed by atoms with Gasteiger partial charge in [0.2, 0.25) is 11.8 Å². The summed E-state index contributed by atoms with van der Waals surface area (Å²) in [7, 11) is 0. The predicted octanol–water partition coefficient (Wildman–Crippen LogP) is 1.74. The van der Waals surface area contributed by atoms with Gasteiger partial charge >= 0.3 is 0 Å². The number of nitrogens with one attached hydrogen (secondary N) is 1. The lowest BCUT2D eigenvalue weighted by Crippen LogP contribution is -2.49. The number of hydrogen-bond donors (Lipinski definition) is 2. The summed E-state index contributed by atoms with van der Waals surface area (Å²) in [4.78, 5) is 25.8. The summed E-state index contributed by atoms with van der Waals surface area (Å²) >= 11 is 0. The fourth-order valence-corrected chi connectivity index (χ4v) is 3.11. The number of halogens is 2. The number of piperidine rings is 1. The van der Waals surface area contributed by atoms with Crippen LogP contribution in [0, 0.1) is 11.6 Å². The molecule has 138 valence electrons. The molecule has 2 amide bonds. The SMILES string of the molecule is NCCC(=O)NCC1CCCCN1C(=O)CCc1cc(F)ccc1F. The lowest BCUT2D eigenvalue weighted by molar-refractivity contribution is -0.135. The Labute approximate surface area is 146 Å². The zero-order valence-corrected chi connectivity index (χ0v) is 14.3. The molecule has 1 aliphatic rings. The van der Waals surface area contributed by atoms with Crippen molar-refractivity contribution in [1.82, 2.24) is 10.2 Å². The highest BCUT2D eigenvalue weighted by atomic mass is 19.1. The van der Waals surface area contributed by atoms with Crippen molar-refractivity contribution in [3.63, 3.8) is 0 Å². The minimum Gasteiger partial charge on any atom is -0.354 e. The molecule has 1 heterocycles. The molecule has 1 fully saturated rings. The van der Waals surface area contributed by atoms with Gasteiger partial charge in [0.25, 0.3) is 0 Å². The van der Waals surface area contributed by atoms with Crippen molar-refractivity contribution in [2.75, 3.05) is 19.6 Å². The standard InChI is InChI=1S/C18H25F2N3O2/c19-14-5-6-16(20)13(11-14)4-7-18(25)23-10-2-1-3-15(23)12-22-17(24)8-9-21/h5-6,11,15H,1-4,7-10,12,21H2,(H,22,24). The maximum Gasteiger partial charge on any atom is 0.223 e. The van der Waals surface area contributed by atoms with Gasteiger partial charge in [-0.15, -0.1) is 0 Å². The third-order valence-electron chi connectivity index (χ3n) is 4.47. The molecule has 1 aromatic carbocycles. The molecule has 1 unspecified atom stereocenters. The van der Waals surface area contributed by atoms with Gasteiger partial charge in [0.05, 0.1) is 0 Å². The summed E-state index contributed by atoms with van der Waals surface area (Å²) in [6.45, 7) is 1.32. The Balaban J connectivity index is 1.91. The lowest BCUT2D eigenvalue weighted by atomic mass is 10.0. The predicted molar refractivity (Wildman–Crippen MR) is 90.7 cm³/mol. The van der Waals surface area contributed by atoms with Gasteiger partial charge in [-0.05, 0) is 49.4 Å². The molecular formula is C18H25F2N3O2. The first kappa shape index (κ1) is 19.3. The average molecular weight is 353 g/mol. The molecule has 0 aliphatic carbocycles. The van der Waals surface area contributed by atoms with Crippen molar-refractivity contribution in [2.45, 2.75) is 44.6 Å². The third-order valence-corrected chi connectivity index (χ3v) is 4.47. The van der Waals surface area contributed by atoms with E-state index in [1.54, 1.807) is 4.90 Å². The molecule has 1 atom stereocenters. The molecule has 0 saturated carbocycles. The third kappa shape index (κ3) is 5.77. The fourth-order valence-electron chi connectivity index (χ4n) is 3.11. The second-order valence-electron chi connectivity index (χ2n) is 6.32. The van der Waals surface area contributed by atoms with E-state index < -0.39 is 11.6 Å². The van der Waals surface area contributed by atoms with Gasteiger partial charge in [-0.25, -0.2) is 8.78 Å². The molecule has 1 aliphatic heterocycles. The first-order valence-corrected chi connectivity index (χ1v) is 8.71. The Hall–Kier alpha value is -2.02. The Kier molecular flexibility index (Phi) is 7.31. The molecule has 2 rings (SSSR count). The monoisotopic (exact) mass is 353 g/mol. The average Bonchev–Trinajstić information content (AvgIpc) is 2.61. The van der Waals surface area contributed by atoms with Crippen LogP contribution in [0.1, 0.15) is 37.7 Å². The highest BCUT2D eigenvalue weighted by Crippen LogP contribution is 2.19. The van der Waals surface area contributed by atoms with Crippen LogP contribution in [0.4, 0.5) is 8.78 Å². The second kappa shape index (κ2) is 9.46. The molecule has 0 bridgehead atoms. The first-order valence-electron chi connectivity index (χ1n) is 8.71. The van der Waals surface area contributed by atoms with Crippen LogP contribution in [0.3, 0.4) is 0 Å². The zero-order chi connectivity index (χ0) is 18.2. The number of benzene rings is 1. The molecule has 0 aromatic heterocycles. The number of carbonyl (C=O) groups is 2. The normalized spacial score (nSPS) is 17.4.